The average molecular weight is 363 g/mol. The Labute approximate surface area is 155 Å². The summed E-state index contributed by atoms with van der Waals surface area (Å²) in [5.41, 5.74) is 0. The molecule has 0 spiro atoms. The maximum absolute atomic E-state index is 11.5. The Bertz CT molecular complexity index is 460. The zero-order chi connectivity index (χ0) is 14.9. The zero-order valence-electron chi connectivity index (χ0n) is 11.2. The van der Waals surface area contributed by atoms with Gasteiger partial charge in [0.05, 0.1) is 21.9 Å². The van der Waals surface area contributed by atoms with Crippen molar-refractivity contribution >= 4 is 55.3 Å². The third-order valence-electron chi connectivity index (χ3n) is 1.77. The Morgan fingerprint density at radius 2 is 2.15 bits per heavy atom. The quantitative estimate of drug-likeness (QED) is 0.181. The van der Waals surface area contributed by atoms with E-state index < -0.39 is 15.9 Å². The molecule has 0 aromatic carbocycles. The molecule has 5 nitrogen and oxygen atoms in total. The van der Waals surface area contributed by atoms with E-state index in [1.807, 2.05) is 0 Å². The Morgan fingerprint density at radius 3 is 2.65 bits per heavy atom. The van der Waals surface area contributed by atoms with Crippen molar-refractivity contribution in [1.29, 1.82) is 0 Å². The van der Waals surface area contributed by atoms with Gasteiger partial charge in [0, 0.05) is 11.5 Å². The van der Waals surface area contributed by atoms with E-state index in [4.69, 9.17) is 18.6 Å². The van der Waals surface area contributed by atoms with Crippen molar-refractivity contribution in [2.45, 2.75) is 18.6 Å². The first-order valence-corrected chi connectivity index (χ1v) is 9.09. The Kier molecular flexibility index (Phi) is 14.1. The second kappa shape index (κ2) is 12.3. The van der Waals surface area contributed by atoms with E-state index >= 15 is 0 Å². The number of rotatable bonds is 7. The molecule has 0 bridgehead atoms. The molecule has 20 heavy (non-hydrogen) atoms. The van der Waals surface area contributed by atoms with Crippen molar-refractivity contribution < 1.29 is 47.3 Å². The van der Waals surface area contributed by atoms with E-state index in [-0.39, 0.29) is 53.7 Å². The number of carbonyl (C=O) groups excluding carboxylic acids is 1. The summed E-state index contributed by atoms with van der Waals surface area (Å²) in [6.07, 6.45) is 5.26. The SMILES string of the molecule is C#CCNC(=O)C(C)SC(=S)SCCCS(=O)(=O)[O-].[Na+]. The van der Waals surface area contributed by atoms with Crippen LogP contribution in [0.15, 0.2) is 0 Å². The van der Waals surface area contributed by atoms with E-state index in [1.165, 1.54) is 23.5 Å². The van der Waals surface area contributed by atoms with Crippen LogP contribution in [-0.4, -0.2) is 45.7 Å². The predicted molar refractivity (Wildman–Crippen MR) is 83.1 cm³/mol. The van der Waals surface area contributed by atoms with Gasteiger partial charge in [0.2, 0.25) is 5.91 Å². The maximum Gasteiger partial charge on any atom is 1.00 e. The molecule has 0 aliphatic rings. The minimum atomic E-state index is -4.17. The summed E-state index contributed by atoms with van der Waals surface area (Å²) in [5, 5.41) is 2.17. The number of thiocarbonyl (C=S) groups is 1. The van der Waals surface area contributed by atoms with Crippen molar-refractivity contribution in [2.24, 2.45) is 0 Å². The minimum Gasteiger partial charge on any atom is -0.748 e. The Hall–Kier alpha value is 0.730. The van der Waals surface area contributed by atoms with Gasteiger partial charge in [-0.3, -0.25) is 4.79 Å². The van der Waals surface area contributed by atoms with Crippen LogP contribution in [0.4, 0.5) is 0 Å². The van der Waals surface area contributed by atoms with Crippen LogP contribution in [0.3, 0.4) is 0 Å². The van der Waals surface area contributed by atoms with Crippen LogP contribution in [0.25, 0.3) is 0 Å². The number of hydrogen-bond donors (Lipinski definition) is 1. The first-order valence-electron chi connectivity index (χ1n) is 5.24. The average Bonchev–Trinajstić information content (AvgIpc) is 2.30. The molecule has 0 aromatic heterocycles. The van der Waals surface area contributed by atoms with Crippen LogP contribution in [0, 0.1) is 12.3 Å². The van der Waals surface area contributed by atoms with Gasteiger partial charge < -0.3 is 9.87 Å². The summed E-state index contributed by atoms with van der Waals surface area (Å²) in [6.45, 7) is 1.87. The molecule has 0 heterocycles. The Balaban J connectivity index is 0. The van der Waals surface area contributed by atoms with Crippen LogP contribution < -0.4 is 34.9 Å². The van der Waals surface area contributed by atoms with Gasteiger partial charge in [0.1, 0.15) is 3.53 Å². The van der Waals surface area contributed by atoms with E-state index in [9.17, 15) is 17.8 Å². The van der Waals surface area contributed by atoms with Gasteiger partial charge in [-0.1, -0.05) is 29.9 Å². The van der Waals surface area contributed by atoms with Crippen molar-refractivity contribution in [1.82, 2.24) is 5.32 Å². The third-order valence-corrected chi connectivity index (χ3v) is 5.33. The molecule has 0 aliphatic carbocycles. The van der Waals surface area contributed by atoms with Crippen LogP contribution >= 0.6 is 35.7 Å². The molecule has 0 fully saturated rings. The van der Waals surface area contributed by atoms with Crippen molar-refractivity contribution in [3.8, 4) is 12.3 Å². The van der Waals surface area contributed by atoms with Crippen molar-refractivity contribution in [3.05, 3.63) is 0 Å². The van der Waals surface area contributed by atoms with Gasteiger partial charge in [-0.25, -0.2) is 8.42 Å². The van der Waals surface area contributed by atoms with E-state index in [1.54, 1.807) is 6.92 Å². The number of amides is 1. The summed E-state index contributed by atoms with van der Waals surface area (Å²) in [5.74, 6) is 2.14. The second-order valence-electron chi connectivity index (χ2n) is 3.40. The molecule has 0 saturated carbocycles. The monoisotopic (exact) mass is 363 g/mol. The number of nitrogens with one attached hydrogen (secondary N) is 1. The van der Waals surface area contributed by atoms with Gasteiger partial charge >= 0.3 is 29.6 Å². The van der Waals surface area contributed by atoms with Gasteiger partial charge in [-0.15, -0.1) is 18.2 Å². The molecule has 1 unspecified atom stereocenters. The molecular weight excluding hydrogens is 349 g/mol. The summed E-state index contributed by atoms with van der Waals surface area (Å²) in [7, 11) is -4.17. The molecule has 0 saturated heterocycles. The summed E-state index contributed by atoms with van der Waals surface area (Å²) >= 11 is 7.51. The third kappa shape index (κ3) is 13.7. The van der Waals surface area contributed by atoms with E-state index in [0.29, 0.717) is 9.28 Å². The van der Waals surface area contributed by atoms with Gasteiger partial charge in [0.25, 0.3) is 0 Å². The minimum absolute atomic E-state index is 0. The molecule has 1 atom stereocenters. The molecule has 0 rings (SSSR count). The van der Waals surface area contributed by atoms with Crippen LogP contribution in [0.5, 0.6) is 0 Å². The molecule has 0 radical (unpaired) electrons. The fourth-order valence-electron chi connectivity index (χ4n) is 0.905. The van der Waals surface area contributed by atoms with Crippen molar-refractivity contribution in [2.75, 3.05) is 18.1 Å². The first-order chi connectivity index (χ1) is 8.76. The number of thioether (sulfide) groups is 2. The predicted octanol–water partition coefficient (Wildman–Crippen LogP) is -2.19. The first kappa shape index (κ1) is 23.0. The molecule has 0 aliphatic heterocycles. The van der Waals surface area contributed by atoms with Gasteiger partial charge in [-0.05, 0) is 13.3 Å². The summed E-state index contributed by atoms with van der Waals surface area (Å²) in [4.78, 5) is 11.5. The number of terminal acetylenes is 1. The smallest absolute Gasteiger partial charge is 0.748 e. The Morgan fingerprint density at radius 1 is 1.55 bits per heavy atom. The zero-order valence-corrected chi connectivity index (χ0v) is 16.5. The maximum atomic E-state index is 11.5. The molecule has 108 valence electrons. The van der Waals surface area contributed by atoms with Crippen LogP contribution in [0.2, 0.25) is 0 Å². The molecule has 1 N–H and O–H groups in total. The van der Waals surface area contributed by atoms with Gasteiger partial charge in [-0.2, -0.15) is 0 Å². The van der Waals surface area contributed by atoms with E-state index in [2.05, 4.69) is 11.2 Å². The molecule has 10 heteroatoms. The molecule has 1 amide bonds. The summed E-state index contributed by atoms with van der Waals surface area (Å²) < 4.78 is 31.6. The van der Waals surface area contributed by atoms with Crippen LogP contribution in [-0.2, 0) is 14.9 Å². The van der Waals surface area contributed by atoms with Crippen molar-refractivity contribution in [3.63, 3.8) is 0 Å². The molecular formula is C10H14NNaO4S4. The largest absolute Gasteiger partial charge is 1.00 e. The fourth-order valence-corrected chi connectivity index (χ4v) is 4.16. The molecule has 0 aromatic rings. The summed E-state index contributed by atoms with van der Waals surface area (Å²) in [6, 6.07) is 0. The van der Waals surface area contributed by atoms with Gasteiger partial charge in [0.15, 0.2) is 0 Å². The standard InChI is InChI=1S/C10H15NO4S4.Na/c1-3-5-11-9(12)8(2)18-10(16)17-6-4-7-19(13,14)15;/h1,8H,4-7H2,2H3,(H,11,12)(H,13,14,15);/q;+1/p-1. The number of hydrogen-bond acceptors (Lipinski definition) is 7. The van der Waals surface area contributed by atoms with Crippen LogP contribution in [0.1, 0.15) is 13.3 Å². The van der Waals surface area contributed by atoms with E-state index in [0.717, 1.165) is 0 Å². The fraction of sp³-hybridized carbons (Fsp3) is 0.600. The number of carbonyl (C=O) groups is 1. The topological polar surface area (TPSA) is 86.3 Å². The normalized spacial score (nSPS) is 11.8. The second-order valence-corrected chi connectivity index (χ2v) is 8.56.